The third-order valence-corrected chi connectivity index (χ3v) is 9.51. The van der Waals surface area contributed by atoms with Crippen LogP contribution in [0.2, 0.25) is 0 Å². The van der Waals surface area contributed by atoms with Crippen molar-refractivity contribution in [3.8, 4) is 22.8 Å². The maximum atomic E-state index is 14.3. The number of rotatable bonds is 7. The minimum absolute atomic E-state index is 0.179. The number of pyridine rings is 1. The molecule has 0 saturated heterocycles. The van der Waals surface area contributed by atoms with E-state index in [-0.39, 0.29) is 11.9 Å². The largest absolute Gasteiger partial charge is 0.505 e. The van der Waals surface area contributed by atoms with Crippen LogP contribution in [0.4, 0.5) is 15.8 Å². The van der Waals surface area contributed by atoms with Gasteiger partial charge in [0, 0.05) is 41.7 Å². The summed E-state index contributed by atoms with van der Waals surface area (Å²) in [5.41, 5.74) is 11.3. The molecule has 0 aliphatic heterocycles. The van der Waals surface area contributed by atoms with Crippen LogP contribution < -0.4 is 15.8 Å². The molecule has 42 heavy (non-hydrogen) atoms. The lowest BCUT2D eigenvalue weighted by Gasteiger charge is -2.58. The number of phenolic OH excluding ortho intramolecular Hbond substituents is 1. The lowest BCUT2D eigenvalue weighted by atomic mass is 9.52. The fraction of sp³-hybridized carbons (Fsp3) is 0.406. The Balaban J connectivity index is 1.34. The summed E-state index contributed by atoms with van der Waals surface area (Å²) in [6.07, 6.45) is 10.7. The quantitative estimate of drug-likeness (QED) is 0.177. The first-order valence-electron chi connectivity index (χ1n) is 14.6. The molecular weight excluding hydrogens is 535 g/mol. The summed E-state index contributed by atoms with van der Waals surface area (Å²) in [4.78, 5) is 9.00. The lowest BCUT2D eigenvalue weighted by Crippen LogP contribution is -2.59. The molecule has 218 valence electrons. The first kappa shape index (κ1) is 26.7. The predicted molar refractivity (Wildman–Crippen MR) is 159 cm³/mol. The van der Waals surface area contributed by atoms with Gasteiger partial charge in [-0.1, -0.05) is 6.92 Å². The summed E-state index contributed by atoms with van der Waals surface area (Å²) >= 11 is 0. The fourth-order valence-electron chi connectivity index (χ4n) is 7.79. The van der Waals surface area contributed by atoms with Crippen LogP contribution in [0.15, 0.2) is 53.9 Å². The lowest BCUT2D eigenvalue weighted by molar-refractivity contribution is -0.129. The van der Waals surface area contributed by atoms with Crippen molar-refractivity contribution in [2.45, 2.75) is 57.1 Å². The number of phenols is 1. The molecule has 4 aliphatic carbocycles. The Bertz CT molecular complexity index is 1680. The minimum atomic E-state index is -0.749. The molecule has 2 unspecified atom stereocenters. The number of aliphatic imine (C=N–C) groups is 1. The molecule has 4 saturated carbocycles. The highest BCUT2D eigenvalue weighted by Gasteiger charge is 2.54. The normalized spacial score (nSPS) is 26.6. The maximum Gasteiger partial charge on any atom is 0.212 e. The van der Waals surface area contributed by atoms with Gasteiger partial charge >= 0.3 is 0 Å². The number of aryl methyl sites for hydroxylation is 1. The predicted octanol–water partition coefficient (Wildman–Crippen LogP) is 5.20. The Morgan fingerprint density at radius 2 is 1.95 bits per heavy atom. The van der Waals surface area contributed by atoms with Crippen molar-refractivity contribution < 1.29 is 19.3 Å². The van der Waals surface area contributed by atoms with Gasteiger partial charge in [0.25, 0.3) is 0 Å². The molecule has 4 bridgehead atoms. The van der Waals surface area contributed by atoms with E-state index in [0.29, 0.717) is 46.9 Å². The molecule has 3 aromatic heterocycles. The van der Waals surface area contributed by atoms with E-state index in [2.05, 4.69) is 26.5 Å². The standard InChI is InChI=1S/C32H35FN6O3/c1-3-18-9-27(40)24(33)10-25(18)37-31(34)23-15-36-39-16-22(19-4-5-28(42-2)35-14-19)8-26(39)30(23)38-29-20-6-17-7-21(29)13-32(41,11-17)12-20/h4-5,8-10,14-17,20-21,29,38,40-41H,3,6-7,11-13H2,1-2H3,(H2,34,37). The highest BCUT2D eigenvalue weighted by molar-refractivity contribution is 6.06. The first-order chi connectivity index (χ1) is 20.2. The minimum Gasteiger partial charge on any atom is -0.505 e. The number of nitrogens with two attached hydrogens (primary N) is 1. The smallest absolute Gasteiger partial charge is 0.212 e. The van der Waals surface area contributed by atoms with Crippen LogP contribution in [-0.4, -0.2) is 49.4 Å². The summed E-state index contributed by atoms with van der Waals surface area (Å²) in [6.45, 7) is 1.92. The number of nitrogens with one attached hydrogen (secondary N) is 1. The van der Waals surface area contributed by atoms with Gasteiger partial charge in [-0.15, -0.1) is 0 Å². The summed E-state index contributed by atoms with van der Waals surface area (Å²) in [6, 6.07) is 8.61. The van der Waals surface area contributed by atoms with Gasteiger partial charge in [-0.3, -0.25) is 0 Å². The van der Waals surface area contributed by atoms with Crippen molar-refractivity contribution in [2.75, 3.05) is 12.4 Å². The Morgan fingerprint density at radius 1 is 1.17 bits per heavy atom. The van der Waals surface area contributed by atoms with E-state index >= 15 is 0 Å². The third kappa shape index (κ3) is 4.54. The van der Waals surface area contributed by atoms with Gasteiger partial charge in [0.1, 0.15) is 5.84 Å². The molecule has 8 rings (SSSR count). The van der Waals surface area contributed by atoms with Crippen molar-refractivity contribution in [3.63, 3.8) is 0 Å². The van der Waals surface area contributed by atoms with Crippen LogP contribution in [0.3, 0.4) is 0 Å². The second kappa shape index (κ2) is 9.97. The van der Waals surface area contributed by atoms with E-state index in [9.17, 15) is 14.6 Å². The summed E-state index contributed by atoms with van der Waals surface area (Å²) in [5, 5.41) is 29.6. The van der Waals surface area contributed by atoms with Gasteiger partial charge in [-0.2, -0.15) is 5.10 Å². The molecule has 3 heterocycles. The number of nitrogens with zero attached hydrogens (tertiary/aromatic N) is 4. The van der Waals surface area contributed by atoms with Crippen LogP contribution in [0, 0.1) is 23.6 Å². The van der Waals surface area contributed by atoms with Crippen molar-refractivity contribution in [1.29, 1.82) is 0 Å². The van der Waals surface area contributed by atoms with Crippen LogP contribution >= 0.6 is 0 Å². The summed E-state index contributed by atoms with van der Waals surface area (Å²) in [7, 11) is 1.59. The van der Waals surface area contributed by atoms with Crippen LogP contribution in [-0.2, 0) is 6.42 Å². The molecule has 4 aliphatic rings. The number of aromatic hydroxyl groups is 1. The summed E-state index contributed by atoms with van der Waals surface area (Å²) in [5.74, 6) is 0.873. The third-order valence-electron chi connectivity index (χ3n) is 9.51. The van der Waals surface area contributed by atoms with Crippen molar-refractivity contribution >= 4 is 22.7 Å². The molecule has 4 fully saturated rings. The molecular formula is C32H35FN6O3. The number of methoxy groups -OCH3 is 1. The fourth-order valence-corrected chi connectivity index (χ4v) is 7.79. The average molecular weight is 571 g/mol. The van der Waals surface area contributed by atoms with E-state index in [0.717, 1.165) is 54.4 Å². The number of anilines is 1. The number of hydrogen-bond acceptors (Lipinski definition) is 7. The number of hydrogen-bond donors (Lipinski definition) is 4. The van der Waals surface area contributed by atoms with Crippen molar-refractivity contribution in [1.82, 2.24) is 14.6 Å². The Labute approximate surface area is 243 Å². The van der Waals surface area contributed by atoms with Crippen LogP contribution in [0.5, 0.6) is 11.6 Å². The SMILES string of the molecule is CCc1cc(O)c(F)cc1N=C(N)c1cnn2cc(-c3ccc(OC)nc3)cc2c1NC1C2CC3CC1CC(O)(C3)C2. The highest BCUT2D eigenvalue weighted by atomic mass is 19.1. The molecule has 0 spiro atoms. The van der Waals surface area contributed by atoms with E-state index in [4.69, 9.17) is 10.5 Å². The monoisotopic (exact) mass is 570 g/mol. The first-order valence-corrected chi connectivity index (χ1v) is 14.6. The van der Waals surface area contributed by atoms with Crippen molar-refractivity contribution in [3.05, 3.63) is 65.9 Å². The number of halogens is 1. The Kier molecular flexibility index (Phi) is 6.34. The second-order valence-corrected chi connectivity index (χ2v) is 12.2. The van der Waals surface area contributed by atoms with E-state index in [1.807, 2.05) is 29.8 Å². The molecule has 2 atom stereocenters. The average Bonchev–Trinajstić information content (AvgIpc) is 3.40. The molecule has 4 aromatic rings. The van der Waals surface area contributed by atoms with Gasteiger partial charge in [0.05, 0.1) is 41.4 Å². The van der Waals surface area contributed by atoms with Crippen LogP contribution in [0.25, 0.3) is 16.6 Å². The highest BCUT2D eigenvalue weighted by Crippen LogP contribution is 2.56. The number of benzene rings is 1. The number of amidine groups is 1. The molecule has 5 N–H and O–H groups in total. The zero-order valence-corrected chi connectivity index (χ0v) is 23.7. The van der Waals surface area contributed by atoms with E-state index in [1.54, 1.807) is 19.5 Å². The Hall–Kier alpha value is -4.18. The molecule has 1 aromatic carbocycles. The van der Waals surface area contributed by atoms with Gasteiger partial charge < -0.3 is 26.0 Å². The van der Waals surface area contributed by atoms with Gasteiger partial charge in [0.2, 0.25) is 5.88 Å². The number of aromatic nitrogens is 3. The number of fused-ring (bicyclic) bond motifs is 1. The maximum absolute atomic E-state index is 14.3. The molecule has 10 heteroatoms. The van der Waals surface area contributed by atoms with Crippen LogP contribution in [0.1, 0.15) is 50.2 Å². The van der Waals surface area contributed by atoms with E-state index < -0.39 is 17.2 Å². The molecule has 0 amide bonds. The number of aliphatic hydroxyl groups is 1. The summed E-state index contributed by atoms with van der Waals surface area (Å²) < 4.78 is 21.4. The molecule has 0 radical (unpaired) electrons. The zero-order chi connectivity index (χ0) is 29.2. The van der Waals surface area contributed by atoms with Gasteiger partial charge in [-0.05, 0) is 80.0 Å². The number of ether oxygens (including phenoxy) is 1. The Morgan fingerprint density at radius 3 is 2.62 bits per heavy atom. The second-order valence-electron chi connectivity index (χ2n) is 12.2. The van der Waals surface area contributed by atoms with Gasteiger partial charge in [0.15, 0.2) is 11.6 Å². The topological polar surface area (TPSA) is 130 Å². The van der Waals surface area contributed by atoms with Gasteiger partial charge in [-0.25, -0.2) is 18.9 Å². The van der Waals surface area contributed by atoms with Crippen molar-refractivity contribution in [2.24, 2.45) is 28.5 Å². The molecule has 9 nitrogen and oxygen atoms in total. The van der Waals surface area contributed by atoms with E-state index in [1.165, 1.54) is 12.1 Å². The zero-order valence-electron chi connectivity index (χ0n) is 23.7.